The largest absolute Gasteiger partial charge is 0.416 e. The predicted octanol–water partition coefficient (Wildman–Crippen LogP) is 2.81. The maximum Gasteiger partial charge on any atom is 0.416 e. The summed E-state index contributed by atoms with van der Waals surface area (Å²) in [7, 11) is 0. The van der Waals surface area contributed by atoms with E-state index in [0.29, 0.717) is 24.3 Å². The Labute approximate surface area is 108 Å². The van der Waals surface area contributed by atoms with E-state index < -0.39 is 24.1 Å². The van der Waals surface area contributed by atoms with E-state index in [9.17, 15) is 18.3 Å². The van der Waals surface area contributed by atoms with Crippen molar-refractivity contribution in [2.45, 2.75) is 31.9 Å². The maximum atomic E-state index is 12.5. The second-order valence-corrected chi connectivity index (χ2v) is 4.49. The van der Waals surface area contributed by atoms with E-state index >= 15 is 0 Å². The van der Waals surface area contributed by atoms with Crippen LogP contribution in [0.3, 0.4) is 0 Å². The van der Waals surface area contributed by atoms with Crippen LogP contribution >= 0.6 is 0 Å². The quantitative estimate of drug-likeness (QED) is 0.922. The van der Waals surface area contributed by atoms with Gasteiger partial charge in [-0.1, -0.05) is 6.07 Å². The van der Waals surface area contributed by atoms with Crippen molar-refractivity contribution < 1.29 is 27.8 Å². The molecule has 1 aromatic rings. The molecule has 0 saturated carbocycles. The molecule has 1 aromatic carbocycles. The zero-order valence-corrected chi connectivity index (χ0v) is 10.4. The first kappa shape index (κ1) is 14.3. The van der Waals surface area contributed by atoms with Gasteiger partial charge >= 0.3 is 6.18 Å². The minimum Gasteiger partial charge on any atom is -0.388 e. The zero-order chi connectivity index (χ0) is 14.0. The molecule has 1 fully saturated rings. The third kappa shape index (κ3) is 3.46. The first-order valence-electron chi connectivity index (χ1n) is 5.97. The maximum absolute atomic E-state index is 12.5. The molecule has 0 radical (unpaired) electrons. The molecule has 0 bridgehead atoms. The van der Waals surface area contributed by atoms with E-state index in [0.717, 1.165) is 12.1 Å². The van der Waals surface area contributed by atoms with Gasteiger partial charge in [0.25, 0.3) is 0 Å². The van der Waals surface area contributed by atoms with E-state index in [4.69, 9.17) is 9.47 Å². The number of ether oxygens (including phenoxy) is 2. The van der Waals surface area contributed by atoms with Crippen LogP contribution in [0, 0.1) is 6.92 Å². The summed E-state index contributed by atoms with van der Waals surface area (Å²) in [4.78, 5) is 0. The van der Waals surface area contributed by atoms with Crippen molar-refractivity contribution in [3.05, 3.63) is 34.9 Å². The van der Waals surface area contributed by atoms with Crippen LogP contribution in [0.1, 0.15) is 29.2 Å². The number of aliphatic hydroxyl groups is 1. The van der Waals surface area contributed by atoms with Crippen molar-refractivity contribution in [1.29, 1.82) is 0 Å². The minimum absolute atomic E-state index is 0.214. The third-order valence-electron chi connectivity index (χ3n) is 3.06. The van der Waals surface area contributed by atoms with Gasteiger partial charge in [0.15, 0.2) is 6.29 Å². The highest BCUT2D eigenvalue weighted by Gasteiger charge is 2.31. The molecule has 1 aliphatic heterocycles. The molecule has 1 saturated heterocycles. The molecule has 0 spiro atoms. The number of hydrogen-bond donors (Lipinski definition) is 1. The van der Waals surface area contributed by atoms with Crippen LogP contribution in [0.5, 0.6) is 0 Å². The minimum atomic E-state index is -4.37. The Hall–Kier alpha value is -1.11. The number of rotatable bonds is 3. The standard InChI is InChI=1S/C13H15F3O3/c1-8-6-9(13(14,15)16)2-3-10(8)11(17)7-12-18-4-5-19-12/h2-3,6,11-12,17H,4-5,7H2,1H3. The number of aryl methyl sites for hydroxylation is 1. The summed E-state index contributed by atoms with van der Waals surface area (Å²) in [6.45, 7) is 2.50. The molecule has 19 heavy (non-hydrogen) atoms. The summed E-state index contributed by atoms with van der Waals surface area (Å²) in [5.41, 5.74) is 0.154. The Balaban J connectivity index is 2.11. The Morgan fingerprint density at radius 3 is 2.47 bits per heavy atom. The smallest absolute Gasteiger partial charge is 0.388 e. The number of halogens is 3. The van der Waals surface area contributed by atoms with E-state index in [1.807, 2.05) is 0 Å². The van der Waals surface area contributed by atoms with Crippen molar-refractivity contribution in [3.8, 4) is 0 Å². The molecule has 3 nitrogen and oxygen atoms in total. The predicted molar refractivity (Wildman–Crippen MR) is 61.4 cm³/mol. The monoisotopic (exact) mass is 276 g/mol. The highest BCUT2D eigenvalue weighted by molar-refractivity contribution is 5.33. The van der Waals surface area contributed by atoms with Gasteiger partial charge in [0.05, 0.1) is 24.9 Å². The molecule has 2 rings (SSSR count). The topological polar surface area (TPSA) is 38.7 Å². The third-order valence-corrected chi connectivity index (χ3v) is 3.06. The average molecular weight is 276 g/mol. The molecule has 0 aliphatic carbocycles. The van der Waals surface area contributed by atoms with Gasteiger partial charge in [-0.25, -0.2) is 0 Å². The summed E-state index contributed by atoms with van der Waals surface area (Å²) in [5, 5.41) is 10.0. The van der Waals surface area contributed by atoms with Crippen LogP contribution in [0.2, 0.25) is 0 Å². The lowest BCUT2D eigenvalue weighted by molar-refractivity contribution is -0.137. The van der Waals surface area contributed by atoms with Gasteiger partial charge in [-0.3, -0.25) is 0 Å². The number of benzene rings is 1. The highest BCUT2D eigenvalue weighted by Crippen LogP contribution is 2.32. The number of alkyl halides is 3. The molecule has 0 aromatic heterocycles. The molecule has 0 amide bonds. The number of hydrogen-bond acceptors (Lipinski definition) is 3. The molecule has 6 heteroatoms. The summed E-state index contributed by atoms with van der Waals surface area (Å²) in [6, 6.07) is 3.31. The molecule has 1 atom stereocenters. The van der Waals surface area contributed by atoms with E-state index in [2.05, 4.69) is 0 Å². The van der Waals surface area contributed by atoms with Gasteiger partial charge in [0, 0.05) is 6.42 Å². The van der Waals surface area contributed by atoms with Crippen molar-refractivity contribution in [2.24, 2.45) is 0 Å². The molecular weight excluding hydrogens is 261 g/mol. The van der Waals surface area contributed by atoms with Crippen molar-refractivity contribution in [2.75, 3.05) is 13.2 Å². The highest BCUT2D eigenvalue weighted by atomic mass is 19.4. The Kier molecular flexibility index (Phi) is 4.13. The van der Waals surface area contributed by atoms with Crippen LogP contribution in [0.4, 0.5) is 13.2 Å². The van der Waals surface area contributed by atoms with Gasteiger partial charge in [-0.05, 0) is 30.2 Å². The van der Waals surface area contributed by atoms with Gasteiger partial charge in [0.2, 0.25) is 0 Å². The summed E-state index contributed by atoms with van der Waals surface area (Å²) in [5.74, 6) is 0. The molecule has 1 unspecified atom stereocenters. The molecule has 106 valence electrons. The normalized spacial score (nSPS) is 18.8. The van der Waals surface area contributed by atoms with Crippen molar-refractivity contribution in [1.82, 2.24) is 0 Å². The van der Waals surface area contributed by atoms with Crippen LogP contribution in [-0.4, -0.2) is 24.6 Å². The van der Waals surface area contributed by atoms with E-state index in [-0.39, 0.29) is 6.42 Å². The fourth-order valence-electron chi connectivity index (χ4n) is 2.08. The van der Waals surface area contributed by atoms with Crippen LogP contribution in [0.25, 0.3) is 0 Å². The average Bonchev–Trinajstić information content (AvgIpc) is 2.80. The van der Waals surface area contributed by atoms with Crippen LogP contribution in [0.15, 0.2) is 18.2 Å². The zero-order valence-electron chi connectivity index (χ0n) is 10.4. The SMILES string of the molecule is Cc1cc(C(F)(F)F)ccc1C(O)CC1OCCO1. The second-order valence-electron chi connectivity index (χ2n) is 4.49. The molecule has 1 N–H and O–H groups in total. The Morgan fingerprint density at radius 1 is 1.32 bits per heavy atom. The fraction of sp³-hybridized carbons (Fsp3) is 0.538. The van der Waals surface area contributed by atoms with E-state index in [1.165, 1.54) is 6.07 Å². The fourth-order valence-corrected chi connectivity index (χ4v) is 2.08. The van der Waals surface area contributed by atoms with Gasteiger partial charge in [-0.2, -0.15) is 13.2 Å². The van der Waals surface area contributed by atoms with Gasteiger partial charge < -0.3 is 14.6 Å². The summed E-state index contributed by atoms with van der Waals surface area (Å²) < 4.78 is 48.0. The molecular formula is C13H15F3O3. The van der Waals surface area contributed by atoms with Crippen LogP contribution < -0.4 is 0 Å². The lowest BCUT2D eigenvalue weighted by atomic mass is 9.98. The number of aliphatic hydroxyl groups excluding tert-OH is 1. The van der Waals surface area contributed by atoms with Gasteiger partial charge in [-0.15, -0.1) is 0 Å². The van der Waals surface area contributed by atoms with E-state index in [1.54, 1.807) is 6.92 Å². The summed E-state index contributed by atoms with van der Waals surface area (Å²) in [6.07, 6.45) is -5.54. The second kappa shape index (κ2) is 5.48. The Bertz CT molecular complexity index is 439. The first-order chi connectivity index (χ1) is 8.88. The lowest BCUT2D eigenvalue weighted by Gasteiger charge is -2.18. The summed E-state index contributed by atoms with van der Waals surface area (Å²) >= 11 is 0. The van der Waals surface area contributed by atoms with Crippen molar-refractivity contribution in [3.63, 3.8) is 0 Å². The first-order valence-corrected chi connectivity index (χ1v) is 5.97. The lowest BCUT2D eigenvalue weighted by Crippen LogP contribution is -2.14. The molecule has 1 heterocycles. The molecule has 1 aliphatic rings. The Morgan fingerprint density at radius 2 is 1.95 bits per heavy atom. The van der Waals surface area contributed by atoms with Crippen LogP contribution in [-0.2, 0) is 15.7 Å². The van der Waals surface area contributed by atoms with Gasteiger partial charge in [0.1, 0.15) is 0 Å². The van der Waals surface area contributed by atoms with Crippen molar-refractivity contribution >= 4 is 0 Å².